The number of hydrogen-bond donors (Lipinski definition) is 2. The Kier molecular flexibility index (Phi) is 7.67. The second-order valence-electron chi connectivity index (χ2n) is 7.28. The van der Waals surface area contributed by atoms with Crippen LogP contribution in [0.4, 0.5) is 22.4 Å². The highest BCUT2D eigenvalue weighted by Gasteiger charge is 2.28. The van der Waals surface area contributed by atoms with E-state index in [2.05, 4.69) is 20.4 Å². The third-order valence-electron chi connectivity index (χ3n) is 4.90. The molecule has 0 spiro atoms. The Morgan fingerprint density at radius 3 is 2.48 bits per heavy atom. The second kappa shape index (κ2) is 10.4. The predicted molar refractivity (Wildman–Crippen MR) is 106 cm³/mol. The molecule has 6 nitrogen and oxygen atoms in total. The highest BCUT2D eigenvalue weighted by Crippen LogP contribution is 2.19. The van der Waals surface area contributed by atoms with Gasteiger partial charge in [-0.15, -0.1) is 0 Å². The Morgan fingerprint density at radius 2 is 1.87 bits per heavy atom. The van der Waals surface area contributed by atoms with E-state index in [0.717, 1.165) is 37.7 Å². The monoisotopic (exact) mass is 440 g/mol. The van der Waals surface area contributed by atoms with Gasteiger partial charge in [0.15, 0.2) is 6.61 Å². The van der Waals surface area contributed by atoms with E-state index in [1.807, 2.05) is 0 Å². The lowest BCUT2D eigenvalue weighted by molar-refractivity contribution is -0.153. The van der Waals surface area contributed by atoms with Crippen molar-refractivity contribution < 1.29 is 27.1 Å². The van der Waals surface area contributed by atoms with E-state index in [0.29, 0.717) is 5.69 Å². The number of alkyl halides is 3. The lowest BCUT2D eigenvalue weighted by atomic mass is 10.0. The summed E-state index contributed by atoms with van der Waals surface area (Å²) in [5.41, 5.74) is 1.30. The van der Waals surface area contributed by atoms with Crippen molar-refractivity contribution in [3.63, 3.8) is 0 Å². The summed E-state index contributed by atoms with van der Waals surface area (Å²) >= 11 is 0. The lowest BCUT2D eigenvalue weighted by Crippen LogP contribution is -2.49. The van der Waals surface area contributed by atoms with Gasteiger partial charge in [-0.2, -0.15) is 13.2 Å². The van der Waals surface area contributed by atoms with Crippen LogP contribution in [0.15, 0.2) is 42.6 Å². The molecule has 0 atom stereocenters. The third-order valence-corrected chi connectivity index (χ3v) is 4.90. The molecule has 0 aliphatic carbocycles. The number of carbonyl (C=O) groups excluding carboxylic acids is 1. The fraction of sp³-hybridized carbons (Fsp3) is 0.429. The first kappa shape index (κ1) is 22.8. The van der Waals surface area contributed by atoms with Crippen molar-refractivity contribution in [1.29, 1.82) is 0 Å². The van der Waals surface area contributed by atoms with Gasteiger partial charge in [0.25, 0.3) is 0 Å². The van der Waals surface area contributed by atoms with Crippen molar-refractivity contribution in [2.75, 3.05) is 19.7 Å². The van der Waals surface area contributed by atoms with Crippen LogP contribution in [-0.4, -0.2) is 47.8 Å². The number of amides is 2. The number of pyridine rings is 1. The van der Waals surface area contributed by atoms with E-state index in [9.17, 15) is 22.4 Å². The van der Waals surface area contributed by atoms with E-state index in [4.69, 9.17) is 0 Å². The van der Waals surface area contributed by atoms with Crippen LogP contribution in [0.2, 0.25) is 0 Å². The SMILES string of the molecule is O=C(NCc1ccc(OCC(F)(F)F)cc1)N(Cc1ccc(F)cn1)C1CCNCC1. The molecular formula is C21H24F4N4O2. The first-order chi connectivity index (χ1) is 14.8. The largest absolute Gasteiger partial charge is 0.484 e. The minimum atomic E-state index is -4.40. The van der Waals surface area contributed by atoms with E-state index in [1.54, 1.807) is 23.1 Å². The van der Waals surface area contributed by atoms with Crippen LogP contribution < -0.4 is 15.4 Å². The summed E-state index contributed by atoms with van der Waals surface area (Å²) in [5, 5.41) is 6.10. The standard InChI is InChI=1S/C21H24F4N4O2/c22-16-3-4-17(27-12-16)13-29(18-7-9-26-10-8-18)20(30)28-11-15-1-5-19(6-2-15)31-14-21(23,24)25/h1-6,12,18,26H,7-11,13-14H2,(H,28,30). The summed E-state index contributed by atoms with van der Waals surface area (Å²) in [7, 11) is 0. The molecule has 0 radical (unpaired) electrons. The van der Waals surface area contributed by atoms with Crippen molar-refractivity contribution >= 4 is 6.03 Å². The van der Waals surface area contributed by atoms with E-state index in [1.165, 1.54) is 18.2 Å². The van der Waals surface area contributed by atoms with Gasteiger partial charge in [0.1, 0.15) is 11.6 Å². The summed E-state index contributed by atoms with van der Waals surface area (Å²) in [4.78, 5) is 18.7. The first-order valence-electron chi connectivity index (χ1n) is 9.94. The molecule has 1 saturated heterocycles. The highest BCUT2D eigenvalue weighted by atomic mass is 19.4. The van der Waals surface area contributed by atoms with Gasteiger partial charge in [0.05, 0.1) is 18.4 Å². The fourth-order valence-electron chi connectivity index (χ4n) is 3.31. The van der Waals surface area contributed by atoms with Crippen molar-refractivity contribution in [3.05, 3.63) is 59.7 Å². The number of rotatable bonds is 7. The van der Waals surface area contributed by atoms with Crippen LogP contribution in [0.3, 0.4) is 0 Å². The third kappa shape index (κ3) is 7.39. The number of piperidine rings is 1. The molecule has 2 aromatic rings. The zero-order chi connectivity index (χ0) is 22.3. The number of hydrogen-bond acceptors (Lipinski definition) is 4. The molecule has 3 rings (SSSR count). The van der Waals surface area contributed by atoms with Gasteiger partial charge in [0, 0.05) is 12.6 Å². The lowest BCUT2D eigenvalue weighted by Gasteiger charge is -2.34. The van der Waals surface area contributed by atoms with Crippen LogP contribution in [0, 0.1) is 5.82 Å². The molecule has 10 heteroatoms. The maximum Gasteiger partial charge on any atom is 0.422 e. The molecule has 0 saturated carbocycles. The number of halogens is 4. The number of carbonyl (C=O) groups is 1. The zero-order valence-corrected chi connectivity index (χ0v) is 16.8. The van der Waals surface area contributed by atoms with Crippen molar-refractivity contribution in [1.82, 2.24) is 20.5 Å². The second-order valence-corrected chi connectivity index (χ2v) is 7.28. The highest BCUT2D eigenvalue weighted by molar-refractivity contribution is 5.74. The van der Waals surface area contributed by atoms with Crippen molar-refractivity contribution in [2.24, 2.45) is 0 Å². The van der Waals surface area contributed by atoms with Gasteiger partial charge in [0.2, 0.25) is 0 Å². The van der Waals surface area contributed by atoms with Gasteiger partial charge >= 0.3 is 12.2 Å². The Balaban J connectivity index is 1.59. The smallest absolute Gasteiger partial charge is 0.422 e. The molecule has 1 aromatic heterocycles. The Bertz CT molecular complexity index is 838. The number of nitrogens with one attached hydrogen (secondary N) is 2. The van der Waals surface area contributed by atoms with Crippen LogP contribution in [-0.2, 0) is 13.1 Å². The molecule has 1 fully saturated rings. The van der Waals surface area contributed by atoms with Crippen molar-refractivity contribution in [2.45, 2.75) is 38.1 Å². The molecule has 2 N–H and O–H groups in total. The first-order valence-corrected chi connectivity index (χ1v) is 9.94. The van der Waals surface area contributed by atoms with Crippen LogP contribution in [0.1, 0.15) is 24.1 Å². The minimum absolute atomic E-state index is 0.0197. The average Bonchev–Trinajstić information content (AvgIpc) is 2.76. The Labute approximate surface area is 177 Å². The number of nitrogens with zero attached hydrogens (tertiary/aromatic N) is 2. The zero-order valence-electron chi connectivity index (χ0n) is 16.8. The molecule has 2 amide bonds. The molecule has 168 valence electrons. The summed E-state index contributed by atoms with van der Waals surface area (Å²) in [5.74, 6) is -0.338. The number of urea groups is 1. The molecular weight excluding hydrogens is 416 g/mol. The topological polar surface area (TPSA) is 66.5 Å². The molecule has 1 aliphatic rings. The summed E-state index contributed by atoms with van der Waals surface area (Å²) in [6, 6.07) is 8.66. The maximum atomic E-state index is 13.2. The fourth-order valence-corrected chi connectivity index (χ4v) is 3.31. The van der Waals surface area contributed by atoms with E-state index < -0.39 is 18.6 Å². The molecule has 0 bridgehead atoms. The van der Waals surface area contributed by atoms with Gasteiger partial charge in [-0.05, 0) is 55.8 Å². The van der Waals surface area contributed by atoms with Gasteiger partial charge in [-0.3, -0.25) is 4.98 Å². The van der Waals surface area contributed by atoms with Crippen LogP contribution >= 0.6 is 0 Å². The Morgan fingerprint density at radius 1 is 1.16 bits per heavy atom. The molecule has 2 heterocycles. The van der Waals surface area contributed by atoms with Gasteiger partial charge in [-0.25, -0.2) is 9.18 Å². The summed E-state index contributed by atoms with van der Waals surface area (Å²) in [6.07, 6.45) is -1.69. The van der Waals surface area contributed by atoms with E-state index in [-0.39, 0.29) is 30.9 Å². The minimum Gasteiger partial charge on any atom is -0.484 e. The quantitative estimate of drug-likeness (QED) is 0.646. The van der Waals surface area contributed by atoms with Crippen molar-refractivity contribution in [3.8, 4) is 5.75 Å². The van der Waals surface area contributed by atoms with Crippen LogP contribution in [0.25, 0.3) is 0 Å². The number of ether oxygens (including phenoxy) is 1. The average molecular weight is 440 g/mol. The number of aromatic nitrogens is 1. The number of benzene rings is 1. The molecule has 31 heavy (non-hydrogen) atoms. The van der Waals surface area contributed by atoms with Gasteiger partial charge in [-0.1, -0.05) is 12.1 Å². The van der Waals surface area contributed by atoms with Crippen LogP contribution in [0.5, 0.6) is 5.75 Å². The molecule has 1 aliphatic heterocycles. The van der Waals surface area contributed by atoms with Gasteiger partial charge < -0.3 is 20.3 Å². The van der Waals surface area contributed by atoms with E-state index >= 15 is 0 Å². The normalized spacial score (nSPS) is 14.8. The summed E-state index contributed by atoms with van der Waals surface area (Å²) < 4.78 is 54.5. The molecule has 1 aromatic carbocycles. The predicted octanol–water partition coefficient (Wildman–Crippen LogP) is 3.63. The Hall–Kier alpha value is -2.88. The maximum absolute atomic E-state index is 13.2. The molecule has 0 unspecified atom stereocenters. The summed E-state index contributed by atoms with van der Waals surface area (Å²) in [6.45, 7) is 0.693.